The summed E-state index contributed by atoms with van der Waals surface area (Å²) in [6.07, 6.45) is 3.28. The van der Waals surface area contributed by atoms with Gasteiger partial charge < -0.3 is 14.8 Å². The average molecular weight is 339 g/mol. The minimum absolute atomic E-state index is 0.164. The molecule has 0 aromatic heterocycles. The minimum Gasteiger partial charge on any atom is -0.493 e. The first-order valence-corrected chi connectivity index (χ1v) is 8.32. The molecule has 0 atom stereocenters. The minimum atomic E-state index is -0.164. The van der Waals surface area contributed by atoms with Crippen LogP contribution in [0, 0.1) is 20.8 Å². The summed E-state index contributed by atoms with van der Waals surface area (Å²) in [5.41, 5.74) is 5.03. The van der Waals surface area contributed by atoms with Crippen molar-refractivity contribution in [3.05, 3.63) is 58.7 Å². The van der Waals surface area contributed by atoms with Gasteiger partial charge in [0.1, 0.15) is 0 Å². The maximum Gasteiger partial charge on any atom is 0.248 e. The van der Waals surface area contributed by atoms with E-state index in [-0.39, 0.29) is 5.91 Å². The summed E-state index contributed by atoms with van der Waals surface area (Å²) >= 11 is 0. The number of aryl methyl sites for hydroxylation is 3. The van der Waals surface area contributed by atoms with E-state index in [9.17, 15) is 4.79 Å². The summed E-state index contributed by atoms with van der Waals surface area (Å²) in [5, 5.41) is 2.95. The predicted molar refractivity (Wildman–Crippen MR) is 102 cm³/mol. The molecule has 0 saturated heterocycles. The van der Waals surface area contributed by atoms with Gasteiger partial charge in [-0.05, 0) is 62.6 Å². The van der Waals surface area contributed by atoms with Gasteiger partial charge in [-0.1, -0.05) is 23.8 Å². The highest BCUT2D eigenvalue weighted by atomic mass is 16.5. The Morgan fingerprint density at radius 1 is 1.08 bits per heavy atom. The highest BCUT2D eigenvalue weighted by molar-refractivity contribution is 6.02. The van der Waals surface area contributed by atoms with Crippen molar-refractivity contribution in [2.45, 2.75) is 27.7 Å². The van der Waals surface area contributed by atoms with Crippen molar-refractivity contribution in [1.82, 2.24) is 0 Å². The largest absolute Gasteiger partial charge is 0.493 e. The first-order valence-electron chi connectivity index (χ1n) is 8.32. The second-order valence-corrected chi connectivity index (χ2v) is 5.94. The third kappa shape index (κ3) is 4.86. The summed E-state index contributed by atoms with van der Waals surface area (Å²) < 4.78 is 10.8. The molecule has 25 heavy (non-hydrogen) atoms. The number of carbonyl (C=O) groups is 1. The van der Waals surface area contributed by atoms with Gasteiger partial charge in [-0.3, -0.25) is 4.79 Å². The van der Waals surface area contributed by atoms with Crippen LogP contribution in [0.4, 0.5) is 5.69 Å². The van der Waals surface area contributed by atoms with E-state index in [0.29, 0.717) is 18.1 Å². The molecule has 0 aliphatic heterocycles. The highest BCUT2D eigenvalue weighted by Crippen LogP contribution is 2.28. The van der Waals surface area contributed by atoms with Crippen LogP contribution >= 0.6 is 0 Å². The van der Waals surface area contributed by atoms with Crippen molar-refractivity contribution in [3.63, 3.8) is 0 Å². The SMILES string of the molecule is CCOc1ccc(/C=C/C(=O)Nc2c(C)cc(C)cc2C)cc1OC. The Bertz CT molecular complexity index is 771. The summed E-state index contributed by atoms with van der Waals surface area (Å²) in [5.74, 6) is 1.18. The molecule has 0 fully saturated rings. The average Bonchev–Trinajstić information content (AvgIpc) is 2.57. The van der Waals surface area contributed by atoms with Gasteiger partial charge in [-0.15, -0.1) is 0 Å². The molecule has 2 rings (SSSR count). The standard InChI is InChI=1S/C21H25NO3/c1-6-25-18-9-7-17(13-19(18)24-5)8-10-20(23)22-21-15(3)11-14(2)12-16(21)4/h7-13H,6H2,1-5H3,(H,22,23)/b10-8+. The van der Waals surface area contributed by atoms with Crippen LogP contribution < -0.4 is 14.8 Å². The first-order chi connectivity index (χ1) is 11.9. The van der Waals surface area contributed by atoms with Gasteiger partial charge in [0.25, 0.3) is 0 Å². The van der Waals surface area contributed by atoms with Gasteiger partial charge in [0.15, 0.2) is 11.5 Å². The molecule has 2 aromatic rings. The van der Waals surface area contributed by atoms with Crippen LogP contribution in [0.25, 0.3) is 6.08 Å². The Balaban J connectivity index is 2.13. The third-order valence-corrected chi connectivity index (χ3v) is 3.84. The highest BCUT2D eigenvalue weighted by Gasteiger charge is 2.07. The Morgan fingerprint density at radius 3 is 2.36 bits per heavy atom. The Hall–Kier alpha value is -2.75. The van der Waals surface area contributed by atoms with Gasteiger partial charge in [0.05, 0.1) is 13.7 Å². The van der Waals surface area contributed by atoms with Crippen molar-refractivity contribution in [2.75, 3.05) is 19.0 Å². The maximum absolute atomic E-state index is 12.2. The van der Waals surface area contributed by atoms with E-state index >= 15 is 0 Å². The van der Waals surface area contributed by atoms with E-state index in [1.165, 1.54) is 11.6 Å². The molecular weight excluding hydrogens is 314 g/mol. The maximum atomic E-state index is 12.2. The van der Waals surface area contributed by atoms with E-state index in [2.05, 4.69) is 17.4 Å². The van der Waals surface area contributed by atoms with Crippen LogP contribution in [0.3, 0.4) is 0 Å². The fourth-order valence-electron chi connectivity index (χ4n) is 2.78. The quantitative estimate of drug-likeness (QED) is 0.778. The molecule has 0 radical (unpaired) electrons. The zero-order valence-electron chi connectivity index (χ0n) is 15.5. The summed E-state index contributed by atoms with van der Waals surface area (Å²) in [6.45, 7) is 8.54. The molecular formula is C21H25NO3. The molecule has 0 bridgehead atoms. The number of ether oxygens (including phenoxy) is 2. The Kier molecular flexibility index (Phi) is 6.23. The lowest BCUT2D eigenvalue weighted by Crippen LogP contribution is -2.10. The van der Waals surface area contributed by atoms with Gasteiger partial charge >= 0.3 is 0 Å². The summed E-state index contributed by atoms with van der Waals surface area (Å²) in [7, 11) is 1.60. The van der Waals surface area contributed by atoms with E-state index in [4.69, 9.17) is 9.47 Å². The van der Waals surface area contributed by atoms with Crippen LogP contribution in [-0.4, -0.2) is 19.6 Å². The summed E-state index contributed by atoms with van der Waals surface area (Å²) in [4.78, 5) is 12.2. The molecule has 0 spiro atoms. The molecule has 4 heteroatoms. The van der Waals surface area contributed by atoms with E-state index in [1.807, 2.05) is 45.9 Å². The predicted octanol–water partition coefficient (Wildman–Crippen LogP) is 4.67. The second kappa shape index (κ2) is 8.38. The fourth-order valence-corrected chi connectivity index (χ4v) is 2.78. The molecule has 1 amide bonds. The summed E-state index contributed by atoms with van der Waals surface area (Å²) in [6, 6.07) is 9.69. The number of amides is 1. The van der Waals surface area contributed by atoms with E-state index < -0.39 is 0 Å². The second-order valence-electron chi connectivity index (χ2n) is 5.94. The molecule has 132 valence electrons. The van der Waals surface area contributed by atoms with Crippen LogP contribution in [-0.2, 0) is 4.79 Å². The smallest absolute Gasteiger partial charge is 0.248 e. The number of anilines is 1. The Labute approximate surface area is 149 Å². The lowest BCUT2D eigenvalue weighted by atomic mass is 10.1. The van der Waals surface area contributed by atoms with Gasteiger partial charge in [0, 0.05) is 11.8 Å². The van der Waals surface area contributed by atoms with Crippen molar-refractivity contribution < 1.29 is 14.3 Å². The molecule has 1 N–H and O–H groups in total. The number of carbonyl (C=O) groups excluding carboxylic acids is 1. The molecule has 0 aliphatic rings. The van der Waals surface area contributed by atoms with Crippen molar-refractivity contribution in [2.24, 2.45) is 0 Å². The fraction of sp³-hybridized carbons (Fsp3) is 0.286. The number of nitrogens with one attached hydrogen (secondary N) is 1. The monoisotopic (exact) mass is 339 g/mol. The topological polar surface area (TPSA) is 47.6 Å². The molecule has 4 nitrogen and oxygen atoms in total. The number of methoxy groups -OCH3 is 1. The zero-order chi connectivity index (χ0) is 18.4. The van der Waals surface area contributed by atoms with E-state index in [0.717, 1.165) is 22.4 Å². The van der Waals surface area contributed by atoms with Crippen LogP contribution in [0.1, 0.15) is 29.2 Å². The van der Waals surface area contributed by atoms with Gasteiger partial charge in [0.2, 0.25) is 5.91 Å². The zero-order valence-corrected chi connectivity index (χ0v) is 15.5. The van der Waals surface area contributed by atoms with Gasteiger partial charge in [-0.2, -0.15) is 0 Å². The van der Waals surface area contributed by atoms with Crippen molar-refractivity contribution in [3.8, 4) is 11.5 Å². The molecule has 0 unspecified atom stereocenters. The number of benzene rings is 2. The molecule has 2 aromatic carbocycles. The Morgan fingerprint density at radius 2 is 1.76 bits per heavy atom. The molecule has 0 saturated carbocycles. The van der Waals surface area contributed by atoms with Crippen molar-refractivity contribution in [1.29, 1.82) is 0 Å². The van der Waals surface area contributed by atoms with Crippen molar-refractivity contribution >= 4 is 17.7 Å². The molecule has 0 heterocycles. The molecule has 0 aliphatic carbocycles. The number of hydrogen-bond donors (Lipinski definition) is 1. The number of hydrogen-bond acceptors (Lipinski definition) is 3. The van der Waals surface area contributed by atoms with Gasteiger partial charge in [-0.25, -0.2) is 0 Å². The third-order valence-electron chi connectivity index (χ3n) is 3.84. The number of rotatable bonds is 6. The van der Waals surface area contributed by atoms with Crippen LogP contribution in [0.5, 0.6) is 11.5 Å². The van der Waals surface area contributed by atoms with Crippen LogP contribution in [0.2, 0.25) is 0 Å². The van der Waals surface area contributed by atoms with E-state index in [1.54, 1.807) is 13.2 Å². The lowest BCUT2D eigenvalue weighted by molar-refractivity contribution is -0.111. The first kappa shape index (κ1) is 18.6. The normalized spacial score (nSPS) is 10.8. The lowest BCUT2D eigenvalue weighted by Gasteiger charge is -2.11. The van der Waals surface area contributed by atoms with Crippen LogP contribution in [0.15, 0.2) is 36.4 Å².